The van der Waals surface area contributed by atoms with Crippen molar-refractivity contribution in [1.82, 2.24) is 5.32 Å². The minimum Gasteiger partial charge on any atom is -0.497 e. The molecular formula is C31H36ClN3O5. The fourth-order valence-electron chi connectivity index (χ4n) is 4.70. The van der Waals surface area contributed by atoms with Gasteiger partial charge in [0, 0.05) is 40.1 Å². The number of nitrogens with one attached hydrogen (secondary N) is 2. The smallest absolute Gasteiger partial charge is 0.319 e. The van der Waals surface area contributed by atoms with E-state index in [1.807, 2.05) is 49.4 Å². The summed E-state index contributed by atoms with van der Waals surface area (Å²) >= 11 is 6.47. The monoisotopic (exact) mass is 565 g/mol. The molecule has 4 rings (SSSR count). The van der Waals surface area contributed by atoms with E-state index in [4.69, 9.17) is 25.8 Å². The van der Waals surface area contributed by atoms with Crippen LogP contribution >= 0.6 is 11.6 Å². The highest BCUT2D eigenvalue weighted by molar-refractivity contribution is 6.30. The van der Waals surface area contributed by atoms with E-state index < -0.39 is 18.2 Å². The molecule has 0 aromatic heterocycles. The Morgan fingerprint density at radius 1 is 1.02 bits per heavy atom. The molecule has 0 aliphatic carbocycles. The molecule has 0 bridgehead atoms. The molecule has 1 heterocycles. The Balaban J connectivity index is 1.73. The zero-order chi connectivity index (χ0) is 29.0. The molecule has 40 heavy (non-hydrogen) atoms. The quantitative estimate of drug-likeness (QED) is 0.348. The second-order valence-corrected chi connectivity index (χ2v) is 11.4. The van der Waals surface area contributed by atoms with Crippen LogP contribution in [0.25, 0.3) is 0 Å². The molecule has 3 amide bonds. The average molecular weight is 566 g/mol. The summed E-state index contributed by atoms with van der Waals surface area (Å²) in [6, 6.07) is 17.9. The van der Waals surface area contributed by atoms with Gasteiger partial charge in [0.25, 0.3) is 5.91 Å². The number of anilines is 2. The van der Waals surface area contributed by atoms with Crippen molar-refractivity contribution in [2.75, 3.05) is 37.5 Å². The van der Waals surface area contributed by atoms with Gasteiger partial charge in [-0.15, -0.1) is 0 Å². The van der Waals surface area contributed by atoms with Gasteiger partial charge in [0.2, 0.25) is 0 Å². The van der Waals surface area contributed by atoms with Crippen LogP contribution in [-0.4, -0.2) is 45.4 Å². The lowest BCUT2D eigenvalue weighted by Gasteiger charge is -2.31. The largest absolute Gasteiger partial charge is 0.497 e. The highest BCUT2D eigenvalue weighted by atomic mass is 35.5. The maximum Gasteiger partial charge on any atom is 0.319 e. The number of carbonyl (C=O) groups excluding carboxylic acids is 2. The summed E-state index contributed by atoms with van der Waals surface area (Å²) in [7, 11) is 3.15. The van der Waals surface area contributed by atoms with E-state index in [0.29, 0.717) is 40.0 Å². The number of halogens is 1. The van der Waals surface area contributed by atoms with Gasteiger partial charge in [-0.2, -0.15) is 0 Å². The molecule has 2 atom stereocenters. The van der Waals surface area contributed by atoms with Crippen molar-refractivity contribution in [3.63, 3.8) is 0 Å². The van der Waals surface area contributed by atoms with Gasteiger partial charge in [-0.05, 0) is 60.4 Å². The van der Waals surface area contributed by atoms with E-state index in [2.05, 4.69) is 31.4 Å². The number of nitrogens with zero attached hydrogens (tertiary/aromatic N) is 1. The van der Waals surface area contributed by atoms with E-state index in [1.54, 1.807) is 37.3 Å². The van der Waals surface area contributed by atoms with E-state index >= 15 is 0 Å². The lowest BCUT2D eigenvalue weighted by atomic mass is 9.94. The Hall–Kier alpha value is -3.75. The first kappa shape index (κ1) is 29.2. The minimum atomic E-state index is -0.992. The Labute approximate surface area is 240 Å². The molecule has 0 spiro atoms. The minimum absolute atomic E-state index is 0.0478. The van der Waals surface area contributed by atoms with Gasteiger partial charge >= 0.3 is 6.03 Å². The first-order chi connectivity index (χ1) is 19.0. The van der Waals surface area contributed by atoms with Crippen molar-refractivity contribution >= 4 is 34.9 Å². The Bertz CT molecular complexity index is 1390. The number of rotatable bonds is 7. The van der Waals surface area contributed by atoms with Crippen LogP contribution in [0.5, 0.6) is 11.5 Å². The number of hydrogen-bond donors (Lipinski definition) is 2. The first-order valence-electron chi connectivity index (χ1n) is 13.1. The molecule has 3 aromatic rings. The fourth-order valence-corrected chi connectivity index (χ4v) is 4.88. The van der Waals surface area contributed by atoms with Gasteiger partial charge < -0.3 is 29.7 Å². The normalized spacial score (nSPS) is 17.1. The summed E-state index contributed by atoms with van der Waals surface area (Å²) < 4.78 is 17.6. The lowest BCUT2D eigenvalue weighted by molar-refractivity contribution is -0.131. The Kier molecular flexibility index (Phi) is 8.91. The third-order valence-electron chi connectivity index (χ3n) is 6.48. The molecule has 8 nitrogen and oxygen atoms in total. The van der Waals surface area contributed by atoms with Crippen LogP contribution < -0.4 is 25.0 Å². The van der Waals surface area contributed by atoms with Gasteiger partial charge in [-0.25, -0.2) is 4.79 Å². The number of fused-ring (bicyclic) bond motifs is 1. The van der Waals surface area contributed by atoms with Crippen LogP contribution in [0, 0.1) is 12.3 Å². The summed E-state index contributed by atoms with van der Waals surface area (Å²) in [5.41, 5.74) is 3.57. The summed E-state index contributed by atoms with van der Waals surface area (Å²) in [4.78, 5) is 28.6. The maximum atomic E-state index is 14.1. The van der Waals surface area contributed by atoms with Crippen LogP contribution in [0.1, 0.15) is 43.6 Å². The van der Waals surface area contributed by atoms with Crippen molar-refractivity contribution in [2.45, 2.75) is 39.9 Å². The molecule has 1 aliphatic heterocycles. The van der Waals surface area contributed by atoms with Crippen molar-refractivity contribution < 1.29 is 23.8 Å². The summed E-state index contributed by atoms with van der Waals surface area (Å²) in [5.74, 6) is 0.900. The Morgan fingerprint density at radius 2 is 1.80 bits per heavy atom. The third-order valence-corrected chi connectivity index (χ3v) is 6.72. The van der Waals surface area contributed by atoms with Crippen LogP contribution in [-0.2, 0) is 9.53 Å². The third kappa shape index (κ3) is 6.87. The summed E-state index contributed by atoms with van der Waals surface area (Å²) in [6.45, 7) is 8.52. The number of urea groups is 1. The molecule has 212 valence electrons. The summed E-state index contributed by atoms with van der Waals surface area (Å²) in [5, 5.41) is 6.15. The van der Waals surface area contributed by atoms with Gasteiger partial charge in [0.05, 0.1) is 20.8 Å². The second-order valence-electron chi connectivity index (χ2n) is 11.0. The molecule has 0 saturated heterocycles. The van der Waals surface area contributed by atoms with Crippen LogP contribution in [0.4, 0.5) is 16.2 Å². The fraction of sp³-hybridized carbons (Fsp3) is 0.355. The highest BCUT2D eigenvalue weighted by Crippen LogP contribution is 2.43. The molecule has 2 N–H and O–H groups in total. The molecule has 3 aromatic carbocycles. The predicted octanol–water partition coefficient (Wildman–Crippen LogP) is 6.35. The average Bonchev–Trinajstić information content (AvgIpc) is 3.00. The molecular weight excluding hydrogens is 530 g/mol. The summed E-state index contributed by atoms with van der Waals surface area (Å²) in [6.07, 6.45) is -1.70. The standard InChI is InChI=1S/C31H36ClN3O5/c1-19-8-7-9-21(14-19)34-30(37)33-17-27-29(36)35(18-31(2,3)4)25-13-10-20(32)15-24(25)28(40-27)23-12-11-22(38-5)16-26(23)39-6/h7-16,27-28H,17-18H2,1-6H3,(H2,33,34,37)/t27-,28-/m1/s1. The van der Waals surface area contributed by atoms with Crippen molar-refractivity contribution in [3.05, 3.63) is 82.4 Å². The predicted molar refractivity (Wildman–Crippen MR) is 158 cm³/mol. The number of benzene rings is 3. The molecule has 9 heteroatoms. The number of methoxy groups -OCH3 is 2. The SMILES string of the molecule is COc1ccc([C@H]2O[C@H](CNC(=O)Nc3cccc(C)c3)C(=O)N(CC(C)(C)C)c3ccc(Cl)cc32)c(OC)c1. The number of carbonyl (C=O) groups is 2. The first-order valence-corrected chi connectivity index (χ1v) is 13.5. The topological polar surface area (TPSA) is 89.1 Å². The lowest BCUT2D eigenvalue weighted by Crippen LogP contribution is -2.48. The molecule has 1 aliphatic rings. The Morgan fingerprint density at radius 3 is 2.48 bits per heavy atom. The zero-order valence-electron chi connectivity index (χ0n) is 23.7. The number of hydrogen-bond acceptors (Lipinski definition) is 5. The van der Waals surface area contributed by atoms with E-state index in [9.17, 15) is 9.59 Å². The number of amides is 3. The van der Waals surface area contributed by atoms with Crippen molar-refractivity contribution in [2.24, 2.45) is 5.41 Å². The van der Waals surface area contributed by atoms with Crippen LogP contribution in [0.15, 0.2) is 60.7 Å². The molecule has 0 saturated carbocycles. The van der Waals surface area contributed by atoms with Crippen molar-refractivity contribution in [3.8, 4) is 11.5 Å². The van der Waals surface area contributed by atoms with E-state index in [1.165, 1.54) is 0 Å². The van der Waals surface area contributed by atoms with Crippen LogP contribution in [0.3, 0.4) is 0 Å². The molecule has 0 fully saturated rings. The maximum absolute atomic E-state index is 14.1. The van der Waals surface area contributed by atoms with Gasteiger partial charge in [-0.3, -0.25) is 4.79 Å². The van der Waals surface area contributed by atoms with E-state index in [0.717, 1.165) is 11.1 Å². The molecule has 0 unspecified atom stereocenters. The van der Waals surface area contributed by atoms with Crippen LogP contribution in [0.2, 0.25) is 5.02 Å². The molecule has 0 radical (unpaired) electrons. The van der Waals surface area contributed by atoms with Gasteiger partial charge in [-0.1, -0.05) is 44.5 Å². The highest BCUT2D eigenvalue weighted by Gasteiger charge is 2.39. The number of aryl methyl sites for hydroxylation is 1. The number of ether oxygens (including phenoxy) is 3. The van der Waals surface area contributed by atoms with Crippen molar-refractivity contribution in [1.29, 1.82) is 0 Å². The second kappa shape index (κ2) is 12.2. The van der Waals surface area contributed by atoms with Gasteiger partial charge in [0.15, 0.2) is 6.10 Å². The zero-order valence-corrected chi connectivity index (χ0v) is 24.5. The van der Waals surface area contributed by atoms with E-state index in [-0.39, 0.29) is 17.9 Å². The van der Waals surface area contributed by atoms with Gasteiger partial charge in [0.1, 0.15) is 17.6 Å².